The third-order valence-corrected chi connectivity index (χ3v) is 6.91. The van der Waals surface area contributed by atoms with Gasteiger partial charge in [0.1, 0.15) is 11.5 Å². The van der Waals surface area contributed by atoms with Crippen molar-refractivity contribution in [3.05, 3.63) is 52.1 Å². The van der Waals surface area contributed by atoms with E-state index in [9.17, 15) is 14.7 Å². The number of methoxy groups -OCH3 is 3. The average molecular weight is 547 g/mol. The zero-order valence-electron chi connectivity index (χ0n) is 22.7. The van der Waals surface area contributed by atoms with Gasteiger partial charge in [-0.3, -0.25) is 9.59 Å². The highest BCUT2D eigenvalue weighted by Crippen LogP contribution is 2.46. The number of hydrogen-bond acceptors (Lipinski definition) is 8. The highest BCUT2D eigenvalue weighted by molar-refractivity contribution is 6.46. The third-order valence-electron chi connectivity index (χ3n) is 6.60. The molecule has 0 spiro atoms. The number of benzene rings is 2. The topological polar surface area (TPSA) is 97.8 Å². The quantitative estimate of drug-likeness (QED) is 0.236. The first-order chi connectivity index (χ1) is 18.3. The van der Waals surface area contributed by atoms with E-state index >= 15 is 0 Å². The Kier molecular flexibility index (Phi) is 9.88. The van der Waals surface area contributed by atoms with Crippen molar-refractivity contribution in [3.63, 3.8) is 0 Å². The molecule has 38 heavy (non-hydrogen) atoms. The first kappa shape index (κ1) is 29.1. The summed E-state index contributed by atoms with van der Waals surface area (Å²) in [5.74, 6) is -0.353. The Labute approximate surface area is 228 Å². The maximum Gasteiger partial charge on any atom is 0.295 e. The molecule has 1 N–H and O–H groups in total. The van der Waals surface area contributed by atoms with E-state index < -0.39 is 17.7 Å². The molecule has 1 saturated heterocycles. The lowest BCUT2D eigenvalue weighted by Crippen LogP contribution is -2.38. The second kappa shape index (κ2) is 12.9. The van der Waals surface area contributed by atoms with Gasteiger partial charge < -0.3 is 33.9 Å². The van der Waals surface area contributed by atoms with Crippen molar-refractivity contribution in [2.45, 2.75) is 26.8 Å². The zero-order valence-corrected chi connectivity index (χ0v) is 23.4. The van der Waals surface area contributed by atoms with E-state index in [1.165, 1.54) is 26.2 Å². The molecule has 0 aromatic heterocycles. The van der Waals surface area contributed by atoms with Gasteiger partial charge >= 0.3 is 0 Å². The highest BCUT2D eigenvalue weighted by Gasteiger charge is 2.46. The summed E-state index contributed by atoms with van der Waals surface area (Å²) in [6.45, 7) is 8.65. The van der Waals surface area contributed by atoms with Crippen molar-refractivity contribution >= 4 is 29.1 Å². The fourth-order valence-electron chi connectivity index (χ4n) is 4.58. The van der Waals surface area contributed by atoms with Gasteiger partial charge in [-0.05, 0) is 55.9 Å². The standard InChI is InChI=1S/C28H35ClN2O7/c1-7-30(8-2)12-13-31-24(18-15-21(35-4)27(37-6)22(16-18)36-5)23(26(33)28(31)34)25(32)17-10-11-19(29)20(14-17)38-9-3/h10-11,14-16,24,32H,7-9,12-13H2,1-6H3/b25-23+. The van der Waals surface area contributed by atoms with Crippen LogP contribution < -0.4 is 18.9 Å². The molecule has 2 aromatic rings. The van der Waals surface area contributed by atoms with Crippen LogP contribution in [0.25, 0.3) is 5.76 Å². The monoisotopic (exact) mass is 546 g/mol. The number of aliphatic hydroxyl groups is 1. The predicted molar refractivity (Wildman–Crippen MR) is 146 cm³/mol. The molecular formula is C28H35ClN2O7. The molecule has 0 radical (unpaired) electrons. The Morgan fingerprint density at radius 1 is 0.974 bits per heavy atom. The van der Waals surface area contributed by atoms with Gasteiger partial charge in [-0.25, -0.2) is 0 Å². The van der Waals surface area contributed by atoms with Gasteiger partial charge in [0.15, 0.2) is 11.5 Å². The van der Waals surface area contributed by atoms with Crippen molar-refractivity contribution in [1.29, 1.82) is 0 Å². The van der Waals surface area contributed by atoms with Crippen LogP contribution in [0.5, 0.6) is 23.0 Å². The summed E-state index contributed by atoms with van der Waals surface area (Å²) in [6.07, 6.45) is 0. The van der Waals surface area contributed by atoms with Crippen molar-refractivity contribution in [2.24, 2.45) is 0 Å². The predicted octanol–water partition coefficient (Wildman–Crippen LogP) is 4.53. The van der Waals surface area contributed by atoms with Crippen LogP contribution in [0.15, 0.2) is 35.9 Å². The molecular weight excluding hydrogens is 512 g/mol. The average Bonchev–Trinajstić information content (AvgIpc) is 3.18. The first-order valence-corrected chi connectivity index (χ1v) is 12.9. The highest BCUT2D eigenvalue weighted by atomic mass is 35.5. The molecule has 1 atom stereocenters. The van der Waals surface area contributed by atoms with Crippen LogP contribution in [0.2, 0.25) is 5.02 Å². The summed E-state index contributed by atoms with van der Waals surface area (Å²) in [7, 11) is 4.47. The fraction of sp³-hybridized carbons (Fsp3) is 0.429. The Morgan fingerprint density at radius 3 is 2.13 bits per heavy atom. The molecule has 10 heteroatoms. The molecule has 3 rings (SSSR count). The van der Waals surface area contributed by atoms with Crippen molar-refractivity contribution in [3.8, 4) is 23.0 Å². The lowest BCUT2D eigenvalue weighted by Gasteiger charge is -2.29. The molecule has 9 nitrogen and oxygen atoms in total. The summed E-state index contributed by atoms with van der Waals surface area (Å²) in [5.41, 5.74) is 0.782. The molecule has 0 bridgehead atoms. The number of likely N-dealkylation sites (N-methyl/N-ethyl adjacent to an activating group) is 1. The summed E-state index contributed by atoms with van der Waals surface area (Å²) in [6, 6.07) is 7.18. The van der Waals surface area contributed by atoms with E-state index in [1.807, 2.05) is 20.8 Å². The maximum atomic E-state index is 13.4. The molecule has 1 amide bonds. The molecule has 0 saturated carbocycles. The molecule has 0 aliphatic carbocycles. The minimum absolute atomic E-state index is 0.0476. The Morgan fingerprint density at radius 2 is 1.61 bits per heavy atom. The van der Waals surface area contributed by atoms with E-state index in [0.29, 0.717) is 52.3 Å². The molecule has 1 aliphatic heterocycles. The van der Waals surface area contributed by atoms with Crippen LogP contribution in [0.1, 0.15) is 37.9 Å². The number of ether oxygens (including phenoxy) is 4. The maximum absolute atomic E-state index is 13.4. The largest absolute Gasteiger partial charge is 0.507 e. The number of ketones is 1. The van der Waals surface area contributed by atoms with Crippen molar-refractivity contribution in [2.75, 3.05) is 54.1 Å². The van der Waals surface area contributed by atoms with E-state index in [2.05, 4.69) is 4.90 Å². The molecule has 206 valence electrons. The number of hydrogen-bond donors (Lipinski definition) is 1. The van der Waals surface area contributed by atoms with E-state index in [1.54, 1.807) is 30.3 Å². The van der Waals surface area contributed by atoms with Crippen LogP contribution >= 0.6 is 11.6 Å². The number of carbonyl (C=O) groups is 2. The summed E-state index contributed by atoms with van der Waals surface area (Å²) >= 11 is 6.24. The SMILES string of the molecule is CCOc1cc(/C(O)=C2\C(=O)C(=O)N(CCN(CC)CC)C2c2cc(OC)c(OC)c(OC)c2)ccc1Cl. The Bertz CT molecular complexity index is 1180. The van der Waals surface area contributed by atoms with E-state index in [-0.39, 0.29) is 17.9 Å². The number of Topliss-reactive ketones (excluding diaryl/α,β-unsaturated/α-hetero) is 1. The van der Waals surface area contributed by atoms with Crippen molar-refractivity contribution in [1.82, 2.24) is 9.80 Å². The number of amides is 1. The van der Waals surface area contributed by atoms with Crippen LogP contribution in [0.3, 0.4) is 0 Å². The van der Waals surface area contributed by atoms with E-state index in [0.717, 1.165) is 13.1 Å². The van der Waals surface area contributed by atoms with Gasteiger partial charge in [-0.2, -0.15) is 0 Å². The third kappa shape index (κ3) is 5.68. The molecule has 1 fully saturated rings. The number of nitrogens with zero attached hydrogens (tertiary/aromatic N) is 2. The van der Waals surface area contributed by atoms with Gasteiger partial charge in [-0.15, -0.1) is 0 Å². The molecule has 1 aliphatic rings. The first-order valence-electron chi connectivity index (χ1n) is 12.5. The van der Waals surface area contributed by atoms with E-state index in [4.69, 9.17) is 30.5 Å². The second-order valence-corrected chi connectivity index (χ2v) is 8.96. The van der Waals surface area contributed by atoms with Crippen LogP contribution in [-0.2, 0) is 9.59 Å². The normalized spacial score (nSPS) is 16.7. The van der Waals surface area contributed by atoms with Gasteiger partial charge in [0.25, 0.3) is 11.7 Å². The summed E-state index contributed by atoms with van der Waals surface area (Å²) in [4.78, 5) is 30.4. The summed E-state index contributed by atoms with van der Waals surface area (Å²) in [5, 5.41) is 11.8. The number of rotatable bonds is 12. The molecule has 1 unspecified atom stereocenters. The fourth-order valence-corrected chi connectivity index (χ4v) is 4.75. The molecule has 2 aromatic carbocycles. The number of carbonyl (C=O) groups excluding carboxylic acids is 2. The van der Waals surface area contributed by atoms with Crippen LogP contribution in [0, 0.1) is 0 Å². The Balaban J connectivity index is 2.24. The summed E-state index contributed by atoms with van der Waals surface area (Å²) < 4.78 is 22.1. The van der Waals surface area contributed by atoms with Crippen LogP contribution in [-0.4, -0.2) is 80.7 Å². The molecule has 1 heterocycles. The van der Waals surface area contributed by atoms with Gasteiger partial charge in [0.05, 0.1) is 44.6 Å². The smallest absolute Gasteiger partial charge is 0.295 e. The number of likely N-dealkylation sites (tertiary alicyclic amines) is 1. The number of halogens is 1. The lowest BCUT2D eigenvalue weighted by molar-refractivity contribution is -0.140. The van der Waals surface area contributed by atoms with Crippen LogP contribution in [0.4, 0.5) is 0 Å². The minimum atomic E-state index is -0.898. The second-order valence-electron chi connectivity index (χ2n) is 8.56. The van der Waals surface area contributed by atoms with Crippen molar-refractivity contribution < 1.29 is 33.6 Å². The lowest BCUT2D eigenvalue weighted by atomic mass is 9.94. The van der Waals surface area contributed by atoms with Gasteiger partial charge in [0.2, 0.25) is 5.75 Å². The van der Waals surface area contributed by atoms with Gasteiger partial charge in [-0.1, -0.05) is 25.4 Å². The number of aliphatic hydroxyl groups excluding tert-OH is 1. The minimum Gasteiger partial charge on any atom is -0.507 e. The van der Waals surface area contributed by atoms with Gasteiger partial charge in [0, 0.05) is 18.7 Å². The Hall–Kier alpha value is -3.43. The zero-order chi connectivity index (χ0) is 28.0.